The van der Waals surface area contributed by atoms with E-state index >= 15 is 0 Å². The minimum atomic E-state index is -4.31. The zero-order chi connectivity index (χ0) is 24.9. The summed E-state index contributed by atoms with van der Waals surface area (Å²) in [6.45, 7) is 2.71. The smallest absolute Gasteiger partial charge is 0.413 e. The summed E-state index contributed by atoms with van der Waals surface area (Å²) in [5, 5.41) is 23.2. The van der Waals surface area contributed by atoms with Gasteiger partial charge in [0.25, 0.3) is 0 Å². The van der Waals surface area contributed by atoms with Gasteiger partial charge in [0.2, 0.25) is 5.28 Å². The number of carbonyl (C=O) groups is 1. The lowest BCUT2D eigenvalue weighted by atomic mass is 9.86. The Balaban J connectivity index is 1.33. The zero-order valence-electron chi connectivity index (χ0n) is 18.5. The van der Waals surface area contributed by atoms with Crippen molar-refractivity contribution in [2.75, 3.05) is 31.1 Å². The van der Waals surface area contributed by atoms with Gasteiger partial charge >= 0.3 is 13.7 Å². The quantitative estimate of drug-likeness (QED) is 0.253. The lowest BCUT2D eigenvalue weighted by Gasteiger charge is -2.43. The summed E-state index contributed by atoms with van der Waals surface area (Å²) in [4.78, 5) is 45.5. The number of nitrogens with one attached hydrogen (secondary N) is 1. The third-order valence-electron chi connectivity index (χ3n) is 6.79. The van der Waals surface area contributed by atoms with Crippen LogP contribution in [0.4, 0.5) is 10.6 Å². The van der Waals surface area contributed by atoms with E-state index in [1.165, 1.54) is 10.9 Å². The van der Waals surface area contributed by atoms with Gasteiger partial charge in [-0.05, 0) is 49.9 Å². The third-order valence-corrected chi connectivity index (χ3v) is 7.80. The van der Waals surface area contributed by atoms with Crippen molar-refractivity contribution < 1.29 is 38.8 Å². The Morgan fingerprint density at radius 1 is 1.26 bits per heavy atom. The van der Waals surface area contributed by atoms with Crippen LogP contribution < -0.4 is 5.32 Å². The molecule has 5 unspecified atom stereocenters. The highest BCUT2D eigenvalue weighted by atomic mass is 35.5. The molecule has 0 radical (unpaired) electrons. The van der Waals surface area contributed by atoms with E-state index in [9.17, 15) is 19.6 Å². The van der Waals surface area contributed by atoms with Crippen LogP contribution in [0, 0.1) is 5.92 Å². The minimum absolute atomic E-state index is 0.0103. The first kappa shape index (κ1) is 24.8. The number of nitrogens with zero attached hydrogens (tertiary/aromatic N) is 5. The molecule has 0 saturated carbocycles. The van der Waals surface area contributed by atoms with Gasteiger partial charge in [-0.3, -0.25) is 19.3 Å². The number of anilines is 1. The first-order valence-electron chi connectivity index (χ1n) is 11.3. The van der Waals surface area contributed by atoms with Crippen LogP contribution in [0.5, 0.6) is 0 Å². The summed E-state index contributed by atoms with van der Waals surface area (Å²) in [5.41, 5.74) is 0.277. The van der Waals surface area contributed by atoms with Gasteiger partial charge in [-0.25, -0.2) is 9.78 Å². The predicted octanol–water partition coefficient (Wildman–Crippen LogP) is 0.309. The maximum Gasteiger partial charge on any atom is 0.413 e. The summed E-state index contributed by atoms with van der Waals surface area (Å²) in [5.74, 6) is 0.334. The van der Waals surface area contributed by atoms with E-state index in [-0.39, 0.29) is 34.8 Å². The summed E-state index contributed by atoms with van der Waals surface area (Å²) in [7, 11) is -4.31. The molecule has 4 saturated heterocycles. The summed E-state index contributed by atoms with van der Waals surface area (Å²) in [6.07, 6.45) is -3.34. The average Bonchev–Trinajstić information content (AvgIpc) is 3.33. The van der Waals surface area contributed by atoms with Gasteiger partial charge in [0.05, 0.1) is 18.6 Å². The van der Waals surface area contributed by atoms with E-state index in [1.54, 1.807) is 0 Å². The van der Waals surface area contributed by atoms with Crippen LogP contribution in [-0.4, -0.2) is 101 Å². The van der Waals surface area contributed by atoms with Gasteiger partial charge in [-0.15, -0.1) is 0 Å². The number of halogens is 1. The first-order valence-corrected chi connectivity index (χ1v) is 13.4. The SMILES string of the molecule is O=C(Nc1nc(Cl)nc2c1ncn2C1OC(CCP(=O)(O)O)C(O)C1O)OC1CN2CCC1CC2. The van der Waals surface area contributed by atoms with E-state index in [4.69, 9.17) is 30.9 Å². The lowest BCUT2D eigenvalue weighted by molar-refractivity contribution is -0.0355. The largest absolute Gasteiger partial charge is 0.444 e. The van der Waals surface area contributed by atoms with Gasteiger partial charge in [-0.1, -0.05) is 0 Å². The van der Waals surface area contributed by atoms with Crippen LogP contribution in [0.3, 0.4) is 0 Å². The molecule has 4 aliphatic heterocycles. The molecule has 1 amide bonds. The number of hydrogen-bond donors (Lipinski definition) is 5. The van der Waals surface area contributed by atoms with Crippen molar-refractivity contribution in [3.05, 3.63) is 11.6 Å². The van der Waals surface area contributed by atoms with Crippen molar-refractivity contribution in [3.63, 3.8) is 0 Å². The molecular formula is C19H26ClN6O8P. The third kappa shape index (κ3) is 5.16. The molecule has 0 spiro atoms. The van der Waals surface area contributed by atoms with Crippen molar-refractivity contribution in [2.45, 2.75) is 49.9 Å². The fraction of sp³-hybridized carbons (Fsp3) is 0.684. The number of imidazole rings is 1. The number of aliphatic hydroxyl groups excluding tert-OH is 2. The number of rotatable bonds is 6. The molecule has 4 fully saturated rings. The second kappa shape index (κ2) is 9.52. The number of ether oxygens (including phenoxy) is 2. The standard InChI is InChI=1S/C19H26ClN6O8P/c20-18-22-15(23-19(29)34-11-7-25-4-1-9(11)2-5-25)12-16(24-18)26(8-21-12)17-14(28)13(27)10(33-17)3-6-35(30,31)32/h8-11,13-14,17,27-28H,1-7H2,(H2,30,31,32)(H,22,23,24,29). The molecule has 0 aromatic carbocycles. The number of amides is 1. The van der Waals surface area contributed by atoms with Crippen molar-refractivity contribution in [1.82, 2.24) is 24.4 Å². The molecule has 5 N–H and O–H groups in total. The van der Waals surface area contributed by atoms with Crippen molar-refractivity contribution in [1.29, 1.82) is 0 Å². The van der Waals surface area contributed by atoms with Crippen molar-refractivity contribution in [3.8, 4) is 0 Å². The second-order valence-corrected chi connectivity index (χ2v) is 11.2. The first-order chi connectivity index (χ1) is 16.6. The number of aromatic nitrogens is 4. The monoisotopic (exact) mass is 532 g/mol. The van der Waals surface area contributed by atoms with E-state index < -0.39 is 44.4 Å². The lowest BCUT2D eigenvalue weighted by Crippen LogP contribution is -2.52. The second-order valence-electron chi connectivity index (χ2n) is 9.10. The highest BCUT2D eigenvalue weighted by Crippen LogP contribution is 2.40. The van der Waals surface area contributed by atoms with Gasteiger partial charge < -0.3 is 29.5 Å². The van der Waals surface area contributed by atoms with Crippen LogP contribution in [0.1, 0.15) is 25.5 Å². The van der Waals surface area contributed by atoms with E-state index in [1.807, 2.05) is 0 Å². The fourth-order valence-corrected chi connectivity index (χ4v) is 5.72. The molecule has 0 aliphatic carbocycles. The summed E-state index contributed by atoms with van der Waals surface area (Å²) >= 11 is 6.08. The Hall–Kier alpha value is -1.90. The molecule has 2 aromatic rings. The number of aliphatic hydroxyl groups is 2. The Bertz CT molecular complexity index is 1150. The number of carbonyl (C=O) groups excluding carboxylic acids is 1. The normalized spacial score (nSPS) is 32.8. The Morgan fingerprint density at radius 3 is 2.66 bits per heavy atom. The van der Waals surface area contributed by atoms with Gasteiger partial charge in [-0.2, -0.15) is 9.97 Å². The van der Waals surface area contributed by atoms with Crippen LogP contribution >= 0.6 is 19.2 Å². The molecule has 16 heteroatoms. The van der Waals surface area contributed by atoms with E-state index in [2.05, 4.69) is 25.2 Å². The van der Waals surface area contributed by atoms with Gasteiger partial charge in [0.15, 0.2) is 23.2 Å². The maximum atomic E-state index is 12.6. The molecule has 192 valence electrons. The topological polar surface area (TPSA) is 192 Å². The number of piperidine rings is 3. The Labute approximate surface area is 204 Å². The van der Waals surface area contributed by atoms with Crippen LogP contribution in [0.2, 0.25) is 5.28 Å². The predicted molar refractivity (Wildman–Crippen MR) is 121 cm³/mol. The summed E-state index contributed by atoms with van der Waals surface area (Å²) < 4.78 is 23.8. The molecule has 2 aromatic heterocycles. The minimum Gasteiger partial charge on any atom is -0.444 e. The van der Waals surface area contributed by atoms with E-state index in [0.29, 0.717) is 12.5 Å². The molecule has 35 heavy (non-hydrogen) atoms. The van der Waals surface area contributed by atoms with E-state index in [0.717, 1.165) is 25.9 Å². The molecule has 2 bridgehead atoms. The van der Waals surface area contributed by atoms with Crippen LogP contribution in [-0.2, 0) is 14.0 Å². The highest BCUT2D eigenvalue weighted by molar-refractivity contribution is 7.51. The molecule has 14 nitrogen and oxygen atoms in total. The number of hydrogen-bond acceptors (Lipinski definition) is 10. The molecule has 6 rings (SSSR count). The fourth-order valence-electron chi connectivity index (χ4n) is 4.96. The molecule has 6 heterocycles. The molecule has 5 atom stereocenters. The van der Waals surface area contributed by atoms with Crippen LogP contribution in [0.25, 0.3) is 11.2 Å². The maximum absolute atomic E-state index is 12.6. The van der Waals surface area contributed by atoms with Gasteiger partial charge in [0, 0.05) is 6.54 Å². The average molecular weight is 533 g/mol. The highest BCUT2D eigenvalue weighted by Gasteiger charge is 2.45. The van der Waals surface area contributed by atoms with Crippen LogP contribution in [0.15, 0.2) is 6.33 Å². The Kier molecular flexibility index (Phi) is 6.74. The Morgan fingerprint density at radius 2 is 2.00 bits per heavy atom. The van der Waals surface area contributed by atoms with Crippen molar-refractivity contribution >= 4 is 42.3 Å². The zero-order valence-corrected chi connectivity index (χ0v) is 20.1. The summed E-state index contributed by atoms with van der Waals surface area (Å²) in [6, 6.07) is 0. The number of fused-ring (bicyclic) bond motifs is 4. The molecule has 4 aliphatic rings. The molecular weight excluding hydrogens is 507 g/mol. The van der Waals surface area contributed by atoms with Gasteiger partial charge in [0.1, 0.15) is 18.3 Å². The van der Waals surface area contributed by atoms with Crippen molar-refractivity contribution in [2.24, 2.45) is 5.92 Å².